The van der Waals surface area contributed by atoms with Crippen LogP contribution in [0.2, 0.25) is 0 Å². The number of aliphatic imine (C=N–C) groups is 1. The molecule has 0 bridgehead atoms. The summed E-state index contributed by atoms with van der Waals surface area (Å²) in [5, 5.41) is 7.03. The van der Waals surface area contributed by atoms with Crippen LogP contribution >= 0.6 is 24.0 Å². The summed E-state index contributed by atoms with van der Waals surface area (Å²) in [7, 11) is 2.15. The number of benzene rings is 2. The number of guanidine groups is 1. The number of para-hydroxylation sites is 1. The van der Waals surface area contributed by atoms with Crippen molar-refractivity contribution in [3.63, 3.8) is 0 Å². The zero-order valence-electron chi connectivity index (χ0n) is 18.5. The second kappa shape index (κ2) is 12.8. The van der Waals surface area contributed by atoms with E-state index in [2.05, 4.69) is 95.9 Å². The molecule has 5 nitrogen and oxygen atoms in total. The van der Waals surface area contributed by atoms with Crippen LogP contribution in [0.4, 0.5) is 5.69 Å². The van der Waals surface area contributed by atoms with Crippen molar-refractivity contribution < 1.29 is 0 Å². The van der Waals surface area contributed by atoms with Crippen LogP contribution in [0.25, 0.3) is 0 Å². The molecule has 164 valence electrons. The largest absolute Gasteiger partial charge is 0.369 e. The molecule has 0 saturated carbocycles. The van der Waals surface area contributed by atoms with E-state index < -0.39 is 0 Å². The van der Waals surface area contributed by atoms with Crippen molar-refractivity contribution in [2.75, 3.05) is 38.1 Å². The maximum atomic E-state index is 4.85. The lowest BCUT2D eigenvalue weighted by Crippen LogP contribution is -2.44. The van der Waals surface area contributed by atoms with Crippen molar-refractivity contribution in [3.05, 3.63) is 65.7 Å². The van der Waals surface area contributed by atoms with Gasteiger partial charge in [0, 0.05) is 37.9 Å². The molecule has 0 aromatic heterocycles. The molecule has 2 aromatic carbocycles. The van der Waals surface area contributed by atoms with Gasteiger partial charge >= 0.3 is 0 Å². The summed E-state index contributed by atoms with van der Waals surface area (Å²) in [5.41, 5.74) is 3.89. The first-order chi connectivity index (χ1) is 14.2. The molecule has 0 aliphatic carbocycles. The van der Waals surface area contributed by atoms with Gasteiger partial charge in [-0.05, 0) is 50.2 Å². The Morgan fingerprint density at radius 1 is 1.10 bits per heavy atom. The minimum atomic E-state index is 0. The molecule has 1 aliphatic rings. The standard InChI is InChI=1S/C24H35N5.HI/c1-4-25-24(26-17-20-10-9-11-21(16-20)18-28(3)5-2)27-22-14-15-29(19-22)23-12-7-6-8-13-23;/h6-13,16,22H,4-5,14-15,17-19H2,1-3H3,(H2,25,26,27);1H. The van der Waals surface area contributed by atoms with Gasteiger partial charge in [0.25, 0.3) is 0 Å². The SMILES string of the molecule is CCNC(=NCc1cccc(CN(C)CC)c1)NC1CCN(c2ccccc2)C1.I. The number of anilines is 1. The molecule has 1 unspecified atom stereocenters. The third kappa shape index (κ3) is 7.47. The highest BCUT2D eigenvalue weighted by Crippen LogP contribution is 2.19. The van der Waals surface area contributed by atoms with Gasteiger partial charge in [0.1, 0.15) is 0 Å². The van der Waals surface area contributed by atoms with E-state index in [0.717, 1.165) is 45.1 Å². The van der Waals surface area contributed by atoms with E-state index in [9.17, 15) is 0 Å². The summed E-state index contributed by atoms with van der Waals surface area (Å²) >= 11 is 0. The molecule has 0 spiro atoms. The summed E-state index contributed by atoms with van der Waals surface area (Å²) in [4.78, 5) is 9.60. The van der Waals surface area contributed by atoms with Crippen LogP contribution in [-0.4, -0.2) is 50.1 Å². The Hall–Kier alpha value is -1.80. The number of hydrogen-bond donors (Lipinski definition) is 2. The fraction of sp³-hybridized carbons (Fsp3) is 0.458. The van der Waals surface area contributed by atoms with E-state index in [0.29, 0.717) is 12.6 Å². The smallest absolute Gasteiger partial charge is 0.191 e. The van der Waals surface area contributed by atoms with Crippen molar-refractivity contribution in [2.45, 2.75) is 39.4 Å². The molecule has 1 saturated heterocycles. The molecule has 6 heteroatoms. The molecule has 1 aliphatic heterocycles. The van der Waals surface area contributed by atoms with Gasteiger partial charge in [0.15, 0.2) is 5.96 Å². The van der Waals surface area contributed by atoms with E-state index in [4.69, 9.17) is 4.99 Å². The maximum Gasteiger partial charge on any atom is 0.191 e. The van der Waals surface area contributed by atoms with E-state index >= 15 is 0 Å². The molecule has 2 aromatic rings. The lowest BCUT2D eigenvalue weighted by atomic mass is 10.1. The van der Waals surface area contributed by atoms with Crippen molar-refractivity contribution in [1.29, 1.82) is 0 Å². The molecule has 1 fully saturated rings. The Bertz CT molecular complexity index is 780. The molecular weight excluding hydrogens is 485 g/mol. The topological polar surface area (TPSA) is 42.9 Å². The Morgan fingerprint density at radius 2 is 1.87 bits per heavy atom. The number of nitrogens with zero attached hydrogens (tertiary/aromatic N) is 3. The molecule has 1 heterocycles. The second-order valence-electron chi connectivity index (χ2n) is 7.76. The van der Waals surface area contributed by atoms with E-state index in [1.165, 1.54) is 16.8 Å². The van der Waals surface area contributed by atoms with Crippen LogP contribution in [0, 0.1) is 0 Å². The molecule has 0 radical (unpaired) electrons. The summed E-state index contributed by atoms with van der Waals surface area (Å²) in [6.07, 6.45) is 1.12. The summed E-state index contributed by atoms with van der Waals surface area (Å²) < 4.78 is 0. The molecular formula is C24H36IN5. The molecule has 1 atom stereocenters. The van der Waals surface area contributed by atoms with E-state index in [1.54, 1.807) is 0 Å². The number of hydrogen-bond acceptors (Lipinski definition) is 3. The van der Waals surface area contributed by atoms with Crippen LogP contribution in [0.1, 0.15) is 31.4 Å². The predicted molar refractivity (Wildman–Crippen MR) is 139 cm³/mol. The summed E-state index contributed by atoms with van der Waals surface area (Å²) in [5.74, 6) is 0.906. The van der Waals surface area contributed by atoms with E-state index in [1.807, 2.05) is 0 Å². The van der Waals surface area contributed by atoms with Crippen LogP contribution in [-0.2, 0) is 13.1 Å². The molecule has 30 heavy (non-hydrogen) atoms. The molecule has 0 amide bonds. The van der Waals surface area contributed by atoms with Crippen LogP contribution < -0.4 is 15.5 Å². The van der Waals surface area contributed by atoms with Crippen molar-refractivity contribution in [3.8, 4) is 0 Å². The maximum absolute atomic E-state index is 4.85. The number of rotatable bonds is 8. The minimum absolute atomic E-state index is 0. The fourth-order valence-electron chi connectivity index (χ4n) is 3.68. The molecule has 2 N–H and O–H groups in total. The highest BCUT2D eigenvalue weighted by Gasteiger charge is 2.23. The second-order valence-corrected chi connectivity index (χ2v) is 7.76. The quantitative estimate of drug-likeness (QED) is 0.312. The normalized spacial score (nSPS) is 16.5. The minimum Gasteiger partial charge on any atom is -0.369 e. The van der Waals surface area contributed by atoms with Crippen molar-refractivity contribution in [1.82, 2.24) is 15.5 Å². The van der Waals surface area contributed by atoms with Gasteiger partial charge in [0.2, 0.25) is 0 Å². The lowest BCUT2D eigenvalue weighted by Gasteiger charge is -2.20. The summed E-state index contributed by atoms with van der Waals surface area (Å²) in [6, 6.07) is 19.8. The Labute approximate surface area is 199 Å². The number of nitrogens with one attached hydrogen (secondary N) is 2. The van der Waals surface area contributed by atoms with E-state index in [-0.39, 0.29) is 24.0 Å². The summed E-state index contributed by atoms with van der Waals surface area (Å²) in [6.45, 7) is 9.97. The zero-order valence-corrected chi connectivity index (χ0v) is 20.8. The zero-order chi connectivity index (χ0) is 20.5. The van der Waals surface area contributed by atoms with Crippen molar-refractivity contribution in [2.24, 2.45) is 4.99 Å². The van der Waals surface area contributed by atoms with Gasteiger partial charge in [-0.25, -0.2) is 4.99 Å². The average molecular weight is 521 g/mol. The van der Waals surface area contributed by atoms with Gasteiger partial charge in [-0.15, -0.1) is 24.0 Å². The predicted octanol–water partition coefficient (Wildman–Crippen LogP) is 4.09. The Kier molecular flexibility index (Phi) is 10.4. The van der Waals surface area contributed by atoms with Gasteiger partial charge < -0.3 is 20.4 Å². The number of halogens is 1. The van der Waals surface area contributed by atoms with Crippen LogP contribution in [0.5, 0.6) is 0 Å². The monoisotopic (exact) mass is 521 g/mol. The van der Waals surface area contributed by atoms with Gasteiger partial charge in [0.05, 0.1) is 6.54 Å². The van der Waals surface area contributed by atoms with Gasteiger partial charge in [-0.3, -0.25) is 0 Å². The van der Waals surface area contributed by atoms with Crippen LogP contribution in [0.15, 0.2) is 59.6 Å². The first-order valence-electron chi connectivity index (χ1n) is 10.8. The van der Waals surface area contributed by atoms with Gasteiger partial charge in [-0.1, -0.05) is 49.4 Å². The first kappa shape index (κ1) is 24.5. The highest BCUT2D eigenvalue weighted by molar-refractivity contribution is 14.0. The average Bonchev–Trinajstić information content (AvgIpc) is 3.21. The first-order valence-corrected chi connectivity index (χ1v) is 10.8. The van der Waals surface area contributed by atoms with Gasteiger partial charge in [-0.2, -0.15) is 0 Å². The Balaban J connectivity index is 0.00000320. The third-order valence-electron chi connectivity index (χ3n) is 5.40. The van der Waals surface area contributed by atoms with Crippen LogP contribution in [0.3, 0.4) is 0 Å². The Morgan fingerprint density at radius 3 is 2.60 bits per heavy atom. The third-order valence-corrected chi connectivity index (χ3v) is 5.40. The molecule has 3 rings (SSSR count). The highest BCUT2D eigenvalue weighted by atomic mass is 127. The van der Waals surface area contributed by atoms with Crippen molar-refractivity contribution >= 4 is 35.6 Å². The fourth-order valence-corrected chi connectivity index (χ4v) is 3.68. The lowest BCUT2D eigenvalue weighted by molar-refractivity contribution is 0.345.